The Kier molecular flexibility index (Phi) is 2.25. The molecule has 0 saturated heterocycles. The first-order chi connectivity index (χ1) is 6.66. The molecule has 0 atom stereocenters. The zero-order chi connectivity index (χ0) is 10.1. The van der Waals surface area contributed by atoms with Crippen LogP contribution in [0, 0.1) is 6.92 Å². The third-order valence-corrected chi connectivity index (χ3v) is 2.44. The fourth-order valence-electron chi connectivity index (χ4n) is 1.11. The average Bonchev–Trinajstić information content (AvgIpc) is 2.56. The number of aromatic nitrogens is 2. The Bertz CT molecular complexity index is 467. The molecule has 0 bridgehead atoms. The molecule has 1 aromatic carbocycles. The zero-order valence-electron chi connectivity index (χ0n) is 7.49. The number of benzene rings is 1. The summed E-state index contributed by atoms with van der Waals surface area (Å²) in [4.78, 5) is 4.12. The normalized spacial score (nSPS) is 10.4. The van der Waals surface area contributed by atoms with Crippen molar-refractivity contribution >= 4 is 21.6 Å². The van der Waals surface area contributed by atoms with Gasteiger partial charge in [0.25, 0.3) is 5.89 Å². The second kappa shape index (κ2) is 3.42. The molecule has 5 heteroatoms. The van der Waals surface area contributed by atoms with Crippen LogP contribution in [-0.4, -0.2) is 10.1 Å². The Morgan fingerprint density at radius 2 is 2.21 bits per heavy atom. The van der Waals surface area contributed by atoms with Gasteiger partial charge in [0.2, 0.25) is 0 Å². The Morgan fingerprint density at radius 3 is 2.86 bits per heavy atom. The lowest BCUT2D eigenvalue weighted by molar-refractivity contribution is 0.425. The summed E-state index contributed by atoms with van der Waals surface area (Å²) in [5.74, 6) is 1.08. The van der Waals surface area contributed by atoms with Crippen LogP contribution in [0.25, 0.3) is 11.5 Å². The summed E-state index contributed by atoms with van der Waals surface area (Å²) in [6.07, 6.45) is 0. The van der Waals surface area contributed by atoms with E-state index in [-0.39, 0.29) is 0 Å². The maximum atomic E-state index is 5.66. The van der Waals surface area contributed by atoms with Crippen molar-refractivity contribution in [1.82, 2.24) is 10.1 Å². The van der Waals surface area contributed by atoms with Gasteiger partial charge in [-0.05, 0) is 41.1 Å². The van der Waals surface area contributed by atoms with Crippen LogP contribution in [0.3, 0.4) is 0 Å². The average molecular weight is 254 g/mol. The number of nitrogens with two attached hydrogens (primary N) is 1. The first-order valence-electron chi connectivity index (χ1n) is 4.02. The molecule has 1 heterocycles. The molecule has 4 nitrogen and oxygen atoms in total. The Labute approximate surface area is 89.2 Å². The van der Waals surface area contributed by atoms with Gasteiger partial charge >= 0.3 is 0 Å². The number of rotatable bonds is 1. The van der Waals surface area contributed by atoms with Crippen molar-refractivity contribution in [2.24, 2.45) is 0 Å². The van der Waals surface area contributed by atoms with E-state index in [1.54, 1.807) is 19.1 Å². The predicted molar refractivity (Wildman–Crippen MR) is 56.6 cm³/mol. The smallest absolute Gasteiger partial charge is 0.259 e. The highest BCUT2D eigenvalue weighted by molar-refractivity contribution is 9.10. The highest BCUT2D eigenvalue weighted by Crippen LogP contribution is 2.28. The van der Waals surface area contributed by atoms with Crippen molar-refractivity contribution in [2.45, 2.75) is 6.92 Å². The van der Waals surface area contributed by atoms with Crippen LogP contribution in [0.4, 0.5) is 5.69 Å². The quantitative estimate of drug-likeness (QED) is 0.793. The van der Waals surface area contributed by atoms with Crippen LogP contribution < -0.4 is 5.73 Å². The second-order valence-corrected chi connectivity index (χ2v) is 3.74. The van der Waals surface area contributed by atoms with E-state index < -0.39 is 0 Å². The van der Waals surface area contributed by atoms with Crippen LogP contribution in [0.1, 0.15) is 5.82 Å². The lowest BCUT2D eigenvalue weighted by atomic mass is 10.2. The minimum atomic E-state index is 0.474. The highest BCUT2D eigenvalue weighted by atomic mass is 79.9. The third-order valence-electron chi connectivity index (χ3n) is 1.75. The number of nitrogen functional groups attached to an aromatic ring is 1. The molecular formula is C9H8BrN3O. The molecule has 0 amide bonds. The van der Waals surface area contributed by atoms with E-state index in [2.05, 4.69) is 26.1 Å². The Morgan fingerprint density at radius 1 is 1.43 bits per heavy atom. The molecule has 2 rings (SSSR count). The van der Waals surface area contributed by atoms with Gasteiger partial charge in [-0.15, -0.1) is 0 Å². The molecule has 1 aromatic heterocycles. The van der Waals surface area contributed by atoms with Gasteiger partial charge in [0.1, 0.15) is 0 Å². The zero-order valence-corrected chi connectivity index (χ0v) is 9.08. The maximum Gasteiger partial charge on any atom is 0.259 e. The first kappa shape index (κ1) is 9.21. The van der Waals surface area contributed by atoms with Crippen LogP contribution in [-0.2, 0) is 0 Å². The van der Waals surface area contributed by atoms with Gasteiger partial charge in [0, 0.05) is 10.2 Å². The summed E-state index contributed by atoms with van der Waals surface area (Å²) in [5, 5.41) is 3.72. The van der Waals surface area contributed by atoms with E-state index in [9.17, 15) is 0 Å². The number of hydrogen-bond donors (Lipinski definition) is 1. The molecule has 2 N–H and O–H groups in total. The van der Waals surface area contributed by atoms with Gasteiger partial charge in [-0.25, -0.2) is 0 Å². The molecule has 0 spiro atoms. The standard InChI is InChI=1S/C9H8BrN3O/c1-5-12-9(14-13-5)7-4-6(11)2-3-8(7)10/h2-4H,11H2,1H3. The SMILES string of the molecule is Cc1noc(-c2cc(N)ccc2Br)n1. The van der Waals surface area contributed by atoms with Gasteiger partial charge in [-0.3, -0.25) is 0 Å². The molecule has 2 aromatic rings. The van der Waals surface area contributed by atoms with Crippen LogP contribution in [0.2, 0.25) is 0 Å². The van der Waals surface area contributed by atoms with E-state index >= 15 is 0 Å². The molecule has 0 saturated carbocycles. The second-order valence-electron chi connectivity index (χ2n) is 2.89. The van der Waals surface area contributed by atoms with Crippen molar-refractivity contribution in [1.29, 1.82) is 0 Å². The molecule has 0 aliphatic carbocycles. The van der Waals surface area contributed by atoms with Gasteiger partial charge in [0.05, 0.1) is 5.56 Å². The largest absolute Gasteiger partial charge is 0.399 e. The van der Waals surface area contributed by atoms with Gasteiger partial charge in [-0.1, -0.05) is 5.16 Å². The van der Waals surface area contributed by atoms with Crippen molar-refractivity contribution in [2.75, 3.05) is 5.73 Å². The molecule has 14 heavy (non-hydrogen) atoms. The van der Waals surface area contributed by atoms with E-state index in [0.717, 1.165) is 10.0 Å². The summed E-state index contributed by atoms with van der Waals surface area (Å²) in [6.45, 7) is 1.77. The monoisotopic (exact) mass is 253 g/mol. The van der Waals surface area contributed by atoms with E-state index in [1.165, 1.54) is 0 Å². The van der Waals surface area contributed by atoms with Gasteiger partial charge in [0.15, 0.2) is 5.82 Å². The number of halogens is 1. The van der Waals surface area contributed by atoms with Crippen molar-refractivity contribution in [3.8, 4) is 11.5 Å². The summed E-state index contributed by atoms with van der Waals surface area (Å²) >= 11 is 3.39. The van der Waals surface area contributed by atoms with Crippen LogP contribution in [0.5, 0.6) is 0 Å². The van der Waals surface area contributed by atoms with Crippen molar-refractivity contribution in [3.63, 3.8) is 0 Å². The lowest BCUT2D eigenvalue weighted by Gasteiger charge is -1.99. The number of nitrogens with zero attached hydrogens (tertiary/aromatic N) is 2. The number of aryl methyl sites for hydroxylation is 1. The minimum absolute atomic E-state index is 0.474. The fourth-order valence-corrected chi connectivity index (χ4v) is 1.53. The minimum Gasteiger partial charge on any atom is -0.399 e. The topological polar surface area (TPSA) is 64.9 Å². The fraction of sp³-hybridized carbons (Fsp3) is 0.111. The van der Waals surface area contributed by atoms with E-state index in [1.807, 2.05) is 6.07 Å². The first-order valence-corrected chi connectivity index (χ1v) is 4.82. The summed E-state index contributed by atoms with van der Waals surface area (Å²) in [7, 11) is 0. The maximum absolute atomic E-state index is 5.66. The van der Waals surface area contributed by atoms with Crippen molar-refractivity contribution < 1.29 is 4.52 Å². The van der Waals surface area contributed by atoms with E-state index in [0.29, 0.717) is 17.4 Å². The van der Waals surface area contributed by atoms with Crippen LogP contribution >= 0.6 is 15.9 Å². The lowest BCUT2D eigenvalue weighted by Crippen LogP contribution is -1.87. The van der Waals surface area contributed by atoms with Crippen LogP contribution in [0.15, 0.2) is 27.2 Å². The Balaban J connectivity index is 2.55. The highest BCUT2D eigenvalue weighted by Gasteiger charge is 2.10. The molecule has 0 radical (unpaired) electrons. The van der Waals surface area contributed by atoms with Gasteiger partial charge < -0.3 is 10.3 Å². The molecular weight excluding hydrogens is 246 g/mol. The number of hydrogen-bond acceptors (Lipinski definition) is 4. The molecule has 0 unspecified atom stereocenters. The van der Waals surface area contributed by atoms with Gasteiger partial charge in [-0.2, -0.15) is 4.98 Å². The van der Waals surface area contributed by atoms with E-state index in [4.69, 9.17) is 10.3 Å². The molecule has 72 valence electrons. The molecule has 0 aliphatic rings. The summed E-state index contributed by atoms with van der Waals surface area (Å²) in [6, 6.07) is 5.44. The summed E-state index contributed by atoms with van der Waals surface area (Å²) < 4.78 is 5.92. The number of anilines is 1. The third kappa shape index (κ3) is 1.63. The van der Waals surface area contributed by atoms with Crippen molar-refractivity contribution in [3.05, 3.63) is 28.5 Å². The summed E-state index contributed by atoms with van der Waals surface area (Å²) in [5.41, 5.74) is 7.14. The molecule has 0 fully saturated rings. The Hall–Kier alpha value is -1.36. The molecule has 0 aliphatic heterocycles. The predicted octanol–water partition coefficient (Wildman–Crippen LogP) is 2.39.